The van der Waals surface area contributed by atoms with Gasteiger partial charge in [-0.2, -0.15) is 5.26 Å². The lowest BCUT2D eigenvalue weighted by Crippen LogP contribution is -2.29. The van der Waals surface area contributed by atoms with E-state index in [9.17, 15) is 10.1 Å². The molecule has 154 valence electrons. The summed E-state index contributed by atoms with van der Waals surface area (Å²) in [5, 5.41) is 12.4. The van der Waals surface area contributed by atoms with Crippen molar-refractivity contribution in [2.75, 3.05) is 21.3 Å². The zero-order valence-electron chi connectivity index (χ0n) is 17.1. The molecule has 0 bridgehead atoms. The fourth-order valence-corrected chi connectivity index (χ4v) is 3.15. The molecule has 0 aliphatic rings. The lowest BCUT2D eigenvalue weighted by Gasteiger charge is -2.17. The van der Waals surface area contributed by atoms with Crippen molar-refractivity contribution in [1.82, 2.24) is 9.88 Å². The normalized spacial score (nSPS) is 11.3. The summed E-state index contributed by atoms with van der Waals surface area (Å²) in [6.07, 6.45) is 4.07. The number of carbonyl (C=O) groups excluding carboxylic acids is 1. The minimum Gasteiger partial charge on any atom is -0.493 e. The second-order valence-corrected chi connectivity index (χ2v) is 6.52. The second kappa shape index (κ2) is 9.52. The Morgan fingerprint density at radius 1 is 1.03 bits per heavy atom. The molecule has 0 saturated heterocycles. The predicted molar refractivity (Wildman–Crippen MR) is 112 cm³/mol. The minimum absolute atomic E-state index is 0.161. The van der Waals surface area contributed by atoms with Gasteiger partial charge in [0, 0.05) is 18.1 Å². The van der Waals surface area contributed by atoms with Crippen LogP contribution in [-0.4, -0.2) is 31.8 Å². The standard InChI is InChI=1S/C23H23N3O4/c1-28-20-13-17(14-21(29-2)23(20)30-3)19(15-24)25-22(27)12-16-6-8-18(9-7-16)26-10-4-5-11-26/h4-11,13-14,19H,12H2,1-3H3,(H,25,27)/t19-/m1/s1. The number of rotatable bonds is 8. The minimum atomic E-state index is -0.856. The molecule has 2 aromatic carbocycles. The largest absolute Gasteiger partial charge is 0.493 e. The summed E-state index contributed by atoms with van der Waals surface area (Å²) < 4.78 is 17.9. The molecule has 1 heterocycles. The van der Waals surface area contributed by atoms with E-state index in [2.05, 4.69) is 11.4 Å². The molecule has 0 fully saturated rings. The smallest absolute Gasteiger partial charge is 0.225 e. The number of carbonyl (C=O) groups is 1. The van der Waals surface area contributed by atoms with Gasteiger partial charge in [0.15, 0.2) is 11.5 Å². The van der Waals surface area contributed by atoms with Crippen LogP contribution in [0.2, 0.25) is 0 Å². The Bertz CT molecular complexity index is 1010. The van der Waals surface area contributed by atoms with Crippen LogP contribution in [0.15, 0.2) is 60.9 Å². The highest BCUT2D eigenvalue weighted by Crippen LogP contribution is 2.39. The Hall–Kier alpha value is -3.92. The van der Waals surface area contributed by atoms with Crippen LogP contribution in [0.3, 0.4) is 0 Å². The topological polar surface area (TPSA) is 85.5 Å². The van der Waals surface area contributed by atoms with Crippen molar-refractivity contribution in [3.05, 3.63) is 72.1 Å². The number of amides is 1. The summed E-state index contributed by atoms with van der Waals surface area (Å²) in [6.45, 7) is 0. The average molecular weight is 405 g/mol. The SMILES string of the molecule is COc1cc([C@@H](C#N)NC(=O)Cc2ccc(-n3cccc3)cc2)cc(OC)c1OC. The van der Waals surface area contributed by atoms with E-state index in [0.717, 1.165) is 11.3 Å². The van der Waals surface area contributed by atoms with Crippen LogP contribution in [-0.2, 0) is 11.2 Å². The summed E-state index contributed by atoms with van der Waals surface area (Å²) in [4.78, 5) is 12.5. The van der Waals surface area contributed by atoms with E-state index >= 15 is 0 Å². The van der Waals surface area contributed by atoms with Gasteiger partial charge in [0.25, 0.3) is 0 Å². The summed E-state index contributed by atoms with van der Waals surface area (Å²) >= 11 is 0. The molecule has 1 aromatic heterocycles. The van der Waals surface area contributed by atoms with Crippen LogP contribution in [0.4, 0.5) is 0 Å². The third-order valence-electron chi connectivity index (χ3n) is 4.66. The van der Waals surface area contributed by atoms with Gasteiger partial charge < -0.3 is 24.1 Å². The number of nitrogens with zero attached hydrogens (tertiary/aromatic N) is 2. The lowest BCUT2D eigenvalue weighted by atomic mass is 10.1. The van der Waals surface area contributed by atoms with Crippen LogP contribution in [0.5, 0.6) is 17.2 Å². The van der Waals surface area contributed by atoms with E-state index in [-0.39, 0.29) is 12.3 Å². The molecular weight excluding hydrogens is 382 g/mol. The molecule has 7 nitrogen and oxygen atoms in total. The summed E-state index contributed by atoms with van der Waals surface area (Å²) in [7, 11) is 4.50. The zero-order chi connectivity index (χ0) is 21.5. The van der Waals surface area contributed by atoms with E-state index in [4.69, 9.17) is 14.2 Å². The van der Waals surface area contributed by atoms with Gasteiger partial charge in [-0.05, 0) is 47.5 Å². The molecule has 1 atom stereocenters. The first-order chi connectivity index (χ1) is 14.6. The highest BCUT2D eigenvalue weighted by Gasteiger charge is 2.20. The number of methoxy groups -OCH3 is 3. The summed E-state index contributed by atoms with van der Waals surface area (Å²) in [5.74, 6) is 1.00. The van der Waals surface area contributed by atoms with Crippen molar-refractivity contribution >= 4 is 5.91 Å². The van der Waals surface area contributed by atoms with Gasteiger partial charge in [-0.15, -0.1) is 0 Å². The molecule has 1 N–H and O–H groups in total. The molecule has 30 heavy (non-hydrogen) atoms. The maximum atomic E-state index is 12.5. The van der Waals surface area contributed by atoms with E-state index in [1.165, 1.54) is 21.3 Å². The number of hydrogen-bond acceptors (Lipinski definition) is 5. The van der Waals surface area contributed by atoms with Crippen LogP contribution in [0.1, 0.15) is 17.2 Å². The number of benzene rings is 2. The molecule has 0 unspecified atom stereocenters. The Balaban J connectivity index is 1.73. The van der Waals surface area contributed by atoms with Crippen LogP contribution < -0.4 is 19.5 Å². The number of aromatic nitrogens is 1. The highest BCUT2D eigenvalue weighted by atomic mass is 16.5. The van der Waals surface area contributed by atoms with Crippen LogP contribution >= 0.6 is 0 Å². The van der Waals surface area contributed by atoms with Crippen molar-refractivity contribution in [2.24, 2.45) is 0 Å². The molecule has 3 rings (SSSR count). The Kier molecular flexibility index (Phi) is 6.60. The molecule has 0 spiro atoms. The van der Waals surface area contributed by atoms with Gasteiger partial charge in [0.1, 0.15) is 6.04 Å². The second-order valence-electron chi connectivity index (χ2n) is 6.52. The van der Waals surface area contributed by atoms with Gasteiger partial charge in [-0.1, -0.05) is 12.1 Å². The van der Waals surface area contributed by atoms with E-state index in [0.29, 0.717) is 22.8 Å². The third kappa shape index (κ3) is 4.55. The van der Waals surface area contributed by atoms with Crippen molar-refractivity contribution in [3.8, 4) is 29.0 Å². The van der Waals surface area contributed by atoms with Gasteiger partial charge in [0.05, 0.1) is 33.8 Å². The van der Waals surface area contributed by atoms with E-state index < -0.39 is 6.04 Å². The molecule has 3 aromatic rings. The zero-order valence-corrected chi connectivity index (χ0v) is 17.1. The molecular formula is C23H23N3O4. The predicted octanol–water partition coefficient (Wildman–Crippen LogP) is 3.43. The number of hydrogen-bond donors (Lipinski definition) is 1. The van der Waals surface area contributed by atoms with Crippen LogP contribution in [0.25, 0.3) is 5.69 Å². The monoisotopic (exact) mass is 405 g/mol. The first-order valence-electron chi connectivity index (χ1n) is 9.30. The summed E-state index contributed by atoms with van der Waals surface area (Å²) in [5.41, 5.74) is 2.41. The molecule has 7 heteroatoms. The average Bonchev–Trinajstić information content (AvgIpc) is 3.31. The lowest BCUT2D eigenvalue weighted by molar-refractivity contribution is -0.120. The molecule has 1 amide bonds. The van der Waals surface area contributed by atoms with E-state index in [1.54, 1.807) is 12.1 Å². The van der Waals surface area contributed by atoms with Gasteiger partial charge >= 0.3 is 0 Å². The number of nitrogens with one attached hydrogen (secondary N) is 1. The molecule has 0 radical (unpaired) electrons. The molecule has 0 aliphatic heterocycles. The fourth-order valence-electron chi connectivity index (χ4n) is 3.15. The molecule has 0 saturated carbocycles. The first-order valence-corrected chi connectivity index (χ1v) is 9.30. The van der Waals surface area contributed by atoms with E-state index in [1.807, 2.05) is 53.4 Å². The summed E-state index contributed by atoms with van der Waals surface area (Å²) in [6, 6.07) is 16.2. The van der Waals surface area contributed by atoms with Crippen LogP contribution in [0, 0.1) is 11.3 Å². The Morgan fingerprint density at radius 3 is 2.13 bits per heavy atom. The Labute approximate surface area is 175 Å². The number of nitriles is 1. The molecule has 0 aliphatic carbocycles. The quantitative estimate of drug-likeness (QED) is 0.621. The van der Waals surface area contributed by atoms with Crippen molar-refractivity contribution < 1.29 is 19.0 Å². The third-order valence-corrected chi connectivity index (χ3v) is 4.66. The first kappa shape index (κ1) is 20.8. The van der Waals surface area contributed by atoms with Crippen molar-refractivity contribution in [1.29, 1.82) is 5.26 Å². The van der Waals surface area contributed by atoms with Crippen molar-refractivity contribution in [2.45, 2.75) is 12.5 Å². The Morgan fingerprint density at radius 2 is 1.63 bits per heavy atom. The fraction of sp³-hybridized carbons (Fsp3) is 0.217. The maximum absolute atomic E-state index is 12.5. The maximum Gasteiger partial charge on any atom is 0.225 e. The highest BCUT2D eigenvalue weighted by molar-refractivity contribution is 5.79. The van der Waals surface area contributed by atoms with Gasteiger partial charge in [0.2, 0.25) is 11.7 Å². The van der Waals surface area contributed by atoms with Gasteiger partial charge in [-0.3, -0.25) is 4.79 Å². The van der Waals surface area contributed by atoms with Crippen molar-refractivity contribution in [3.63, 3.8) is 0 Å². The van der Waals surface area contributed by atoms with Gasteiger partial charge in [-0.25, -0.2) is 0 Å². The number of ether oxygens (including phenoxy) is 3.